The fraction of sp³-hybridized carbons (Fsp3) is 0.478. The zero-order valence-corrected chi connectivity index (χ0v) is 17.2. The van der Waals surface area contributed by atoms with Gasteiger partial charge in [-0.15, -0.1) is 0 Å². The summed E-state index contributed by atoms with van der Waals surface area (Å²) in [5.41, 5.74) is 5.79. The van der Waals surface area contributed by atoms with Crippen molar-refractivity contribution in [2.24, 2.45) is 0 Å². The van der Waals surface area contributed by atoms with E-state index in [9.17, 15) is 4.79 Å². The van der Waals surface area contributed by atoms with E-state index in [4.69, 9.17) is 0 Å². The number of aromatic nitrogens is 2. The van der Waals surface area contributed by atoms with Crippen LogP contribution in [-0.2, 0) is 18.4 Å². The quantitative estimate of drug-likeness (QED) is 0.407. The highest BCUT2D eigenvalue weighted by molar-refractivity contribution is 7.99. The molecule has 3 nitrogen and oxygen atoms in total. The van der Waals surface area contributed by atoms with Crippen molar-refractivity contribution in [3.63, 3.8) is 0 Å². The fourth-order valence-electron chi connectivity index (χ4n) is 4.90. The Morgan fingerprint density at radius 2 is 2.00 bits per heavy atom. The first-order chi connectivity index (χ1) is 13.1. The smallest absolute Gasteiger partial charge is 0.278 e. The van der Waals surface area contributed by atoms with Gasteiger partial charge in [0, 0.05) is 23.3 Å². The predicted molar refractivity (Wildman–Crippen MR) is 114 cm³/mol. The van der Waals surface area contributed by atoms with Crippen LogP contribution >= 0.6 is 11.8 Å². The van der Waals surface area contributed by atoms with E-state index < -0.39 is 0 Å². The monoisotopic (exact) mass is 380 g/mol. The van der Waals surface area contributed by atoms with Gasteiger partial charge in [0.15, 0.2) is 5.16 Å². The van der Waals surface area contributed by atoms with Crippen LogP contribution in [0, 0.1) is 0 Å². The van der Waals surface area contributed by atoms with E-state index >= 15 is 0 Å². The largest absolute Gasteiger partial charge is 0.320 e. The molecule has 1 heterocycles. The number of benzene rings is 1. The topological polar surface area (TPSA) is 34.9 Å². The molecule has 0 bridgehead atoms. The van der Waals surface area contributed by atoms with Crippen LogP contribution in [0.15, 0.2) is 46.4 Å². The van der Waals surface area contributed by atoms with Crippen molar-refractivity contribution < 1.29 is 0 Å². The van der Waals surface area contributed by atoms with Crippen molar-refractivity contribution in [1.82, 2.24) is 9.55 Å². The van der Waals surface area contributed by atoms with Gasteiger partial charge in [-0.1, -0.05) is 67.4 Å². The zero-order valence-electron chi connectivity index (χ0n) is 16.4. The minimum absolute atomic E-state index is 0.00433. The molecule has 1 spiro atoms. The summed E-state index contributed by atoms with van der Waals surface area (Å²) in [6, 6.07) is 8.66. The van der Waals surface area contributed by atoms with Crippen molar-refractivity contribution >= 4 is 11.8 Å². The Morgan fingerprint density at radius 3 is 2.70 bits per heavy atom. The number of hydrogen-bond donors (Lipinski definition) is 0. The summed E-state index contributed by atoms with van der Waals surface area (Å²) in [4.78, 5) is 17.9. The first kappa shape index (κ1) is 18.5. The van der Waals surface area contributed by atoms with Gasteiger partial charge < -0.3 is 4.57 Å². The number of thioether (sulfide) groups is 1. The van der Waals surface area contributed by atoms with Crippen LogP contribution in [-0.4, -0.2) is 15.3 Å². The maximum absolute atomic E-state index is 13.3. The lowest BCUT2D eigenvalue weighted by atomic mass is 9.62. The van der Waals surface area contributed by atoms with E-state index in [-0.39, 0.29) is 11.0 Å². The average molecular weight is 381 g/mol. The Bertz CT molecular complexity index is 938. The van der Waals surface area contributed by atoms with Gasteiger partial charge in [-0.25, -0.2) is 0 Å². The number of rotatable bonds is 4. The molecule has 0 amide bonds. The first-order valence-corrected chi connectivity index (χ1v) is 11.0. The van der Waals surface area contributed by atoms with Gasteiger partial charge >= 0.3 is 0 Å². The molecule has 1 aromatic heterocycles. The molecule has 1 fully saturated rings. The molecule has 4 heteroatoms. The highest BCUT2D eigenvalue weighted by Crippen LogP contribution is 2.49. The second kappa shape index (κ2) is 7.31. The summed E-state index contributed by atoms with van der Waals surface area (Å²) in [6.45, 7) is 9.00. The van der Waals surface area contributed by atoms with Gasteiger partial charge in [0.1, 0.15) is 0 Å². The summed E-state index contributed by atoms with van der Waals surface area (Å²) in [6.07, 6.45) is 6.88. The van der Waals surface area contributed by atoms with E-state index in [1.54, 1.807) is 11.8 Å². The number of fused-ring (bicyclic) bond motifs is 4. The third kappa shape index (κ3) is 3.18. The van der Waals surface area contributed by atoms with Gasteiger partial charge in [0.05, 0.1) is 11.3 Å². The predicted octanol–water partition coefficient (Wildman–Crippen LogP) is 5.36. The summed E-state index contributed by atoms with van der Waals surface area (Å²) >= 11 is 1.63. The van der Waals surface area contributed by atoms with Gasteiger partial charge in [-0.2, -0.15) is 4.98 Å². The highest BCUT2D eigenvalue weighted by atomic mass is 32.2. The summed E-state index contributed by atoms with van der Waals surface area (Å²) in [7, 11) is 0. The first-order valence-electron chi connectivity index (χ1n) is 10.1. The van der Waals surface area contributed by atoms with Crippen LogP contribution in [0.25, 0.3) is 11.3 Å². The number of nitrogens with zero attached hydrogens (tertiary/aromatic N) is 2. The molecule has 0 unspecified atom stereocenters. The van der Waals surface area contributed by atoms with Crippen molar-refractivity contribution in [2.75, 3.05) is 5.75 Å². The van der Waals surface area contributed by atoms with Crippen LogP contribution in [0.3, 0.4) is 0 Å². The third-order valence-electron chi connectivity index (χ3n) is 6.05. The molecule has 2 aliphatic carbocycles. The lowest BCUT2D eigenvalue weighted by molar-refractivity contribution is 0.282. The Morgan fingerprint density at radius 1 is 1.26 bits per heavy atom. The molecule has 0 atom stereocenters. The van der Waals surface area contributed by atoms with Crippen LogP contribution in [0.4, 0.5) is 0 Å². The molecule has 0 radical (unpaired) electrons. The van der Waals surface area contributed by atoms with Crippen molar-refractivity contribution in [3.05, 3.63) is 57.9 Å². The van der Waals surface area contributed by atoms with Gasteiger partial charge in [-0.3, -0.25) is 4.79 Å². The van der Waals surface area contributed by atoms with Crippen molar-refractivity contribution in [1.29, 1.82) is 0 Å². The summed E-state index contributed by atoms with van der Waals surface area (Å²) in [5, 5.41) is 0.826. The lowest BCUT2D eigenvalue weighted by Gasteiger charge is -2.42. The van der Waals surface area contributed by atoms with Crippen LogP contribution in [0.2, 0.25) is 0 Å². The molecule has 0 aliphatic heterocycles. The molecule has 27 heavy (non-hydrogen) atoms. The molecule has 2 aromatic rings. The van der Waals surface area contributed by atoms with Gasteiger partial charge in [0.25, 0.3) is 5.56 Å². The second-order valence-corrected chi connectivity index (χ2v) is 9.03. The Balaban J connectivity index is 1.99. The van der Waals surface area contributed by atoms with Crippen molar-refractivity contribution in [3.8, 4) is 11.3 Å². The normalized spacial score (nSPS) is 17.4. The average Bonchev–Trinajstić information content (AvgIpc) is 2.66. The second-order valence-electron chi connectivity index (χ2n) is 8.09. The molecular weight excluding hydrogens is 352 g/mol. The minimum Gasteiger partial charge on any atom is -0.320 e. The Labute approximate surface area is 165 Å². The maximum Gasteiger partial charge on any atom is 0.278 e. The minimum atomic E-state index is -0.0273. The molecular formula is C23H28N2OS. The molecule has 0 N–H and O–H groups in total. The Kier molecular flexibility index (Phi) is 5.02. The van der Waals surface area contributed by atoms with Crippen LogP contribution < -0.4 is 5.56 Å². The lowest BCUT2D eigenvalue weighted by Crippen LogP contribution is -2.42. The summed E-state index contributed by atoms with van der Waals surface area (Å²) in [5.74, 6) is 0.790. The molecule has 1 aromatic carbocycles. The van der Waals surface area contributed by atoms with E-state index in [1.165, 1.54) is 30.4 Å². The van der Waals surface area contributed by atoms with Crippen LogP contribution in [0.5, 0.6) is 0 Å². The van der Waals surface area contributed by atoms with E-state index in [1.807, 2.05) is 6.92 Å². The molecule has 0 saturated heterocycles. The summed E-state index contributed by atoms with van der Waals surface area (Å²) < 4.78 is 2.28. The van der Waals surface area contributed by atoms with E-state index in [2.05, 4.69) is 47.3 Å². The van der Waals surface area contributed by atoms with E-state index in [0.717, 1.165) is 53.5 Å². The van der Waals surface area contributed by atoms with Crippen LogP contribution in [0.1, 0.15) is 57.1 Å². The third-order valence-corrected chi connectivity index (χ3v) is 7.26. The standard InChI is InChI=1S/C23H28N2OS/c1-4-25-20-18-11-7-6-10-17(18)14-23(12-8-5-9-13-23)19(20)21(26)24-22(25)27-15-16(2)3/h6-7,10-11H,2,4-5,8-9,12-15H2,1,3H3. The van der Waals surface area contributed by atoms with Gasteiger partial charge in [0.2, 0.25) is 0 Å². The maximum atomic E-state index is 13.3. The van der Waals surface area contributed by atoms with E-state index in [0.29, 0.717) is 0 Å². The molecule has 1 saturated carbocycles. The highest BCUT2D eigenvalue weighted by Gasteiger charge is 2.43. The molecule has 4 rings (SSSR count). The SMILES string of the molecule is C=C(C)CSc1nc(=O)c2c(n1CC)-c1ccccc1CC21CCCCC1. The number of hydrogen-bond acceptors (Lipinski definition) is 3. The van der Waals surface area contributed by atoms with Crippen molar-refractivity contribution in [2.45, 2.75) is 69.5 Å². The Hall–Kier alpha value is -1.81. The zero-order chi connectivity index (χ0) is 19.0. The fourth-order valence-corrected chi connectivity index (χ4v) is 5.80. The molecule has 142 valence electrons. The molecule has 2 aliphatic rings. The van der Waals surface area contributed by atoms with Gasteiger partial charge in [-0.05, 0) is 38.7 Å².